The Labute approximate surface area is 189 Å². The van der Waals surface area contributed by atoms with Gasteiger partial charge >= 0.3 is 6.16 Å². The summed E-state index contributed by atoms with van der Waals surface area (Å²) in [6.07, 6.45) is 10.7. The van der Waals surface area contributed by atoms with Crippen molar-refractivity contribution in [3.63, 3.8) is 0 Å². The van der Waals surface area contributed by atoms with Crippen LogP contribution < -0.4 is 0 Å². The summed E-state index contributed by atoms with van der Waals surface area (Å²) in [4.78, 5) is 17.3. The van der Waals surface area contributed by atoms with Crippen LogP contribution in [0.15, 0.2) is 0 Å². The third-order valence-electron chi connectivity index (χ3n) is 4.99. The van der Waals surface area contributed by atoms with Crippen LogP contribution in [0, 0.1) is 0 Å². The van der Waals surface area contributed by atoms with Crippen molar-refractivity contribution in [2.45, 2.75) is 86.2 Å². The van der Waals surface area contributed by atoms with E-state index in [4.69, 9.17) is 0 Å². The Morgan fingerprint density at radius 2 is 0.900 bits per heavy atom. The number of rotatable bonds is 1. The van der Waals surface area contributed by atoms with Crippen molar-refractivity contribution in [1.29, 1.82) is 0 Å². The summed E-state index contributed by atoms with van der Waals surface area (Å²) < 4.78 is 8.74. The number of piperidine rings is 2. The molecule has 0 saturated carbocycles. The number of carbonyl (C=O) groups is 1. The lowest BCUT2D eigenvalue weighted by Crippen LogP contribution is -2.24. The van der Waals surface area contributed by atoms with Crippen LogP contribution >= 0.6 is 0 Å². The fourth-order valence-electron chi connectivity index (χ4n) is 3.22. The van der Waals surface area contributed by atoms with Gasteiger partial charge in [0.2, 0.25) is 0 Å². The van der Waals surface area contributed by atoms with E-state index in [1.807, 2.05) is 0 Å². The number of likely N-dealkylation sites (tertiary alicyclic amines) is 3. The van der Waals surface area contributed by atoms with Crippen molar-refractivity contribution in [2.75, 3.05) is 67.5 Å². The molecule has 0 N–H and O–H groups in total. The zero-order chi connectivity index (χ0) is 21.2. The first kappa shape index (κ1) is 33.8. The van der Waals surface area contributed by atoms with Crippen molar-refractivity contribution in [3.8, 4) is 0 Å². The largest absolute Gasteiger partial charge is 0.508 e. The zero-order valence-corrected chi connectivity index (χ0v) is 19.5. The minimum absolute atomic E-state index is 0. The van der Waals surface area contributed by atoms with Gasteiger partial charge in [0.15, 0.2) is 0 Å². The molecule has 184 valence electrons. The molecule has 0 aromatic rings. The van der Waals surface area contributed by atoms with Crippen molar-refractivity contribution in [3.05, 3.63) is 0 Å². The lowest BCUT2D eigenvalue weighted by Gasteiger charge is -2.20. The predicted molar refractivity (Wildman–Crippen MR) is 132 cm³/mol. The van der Waals surface area contributed by atoms with Crippen LogP contribution in [0.25, 0.3) is 0 Å². The molecule has 6 nitrogen and oxygen atoms in total. The lowest BCUT2D eigenvalue weighted by molar-refractivity contribution is 0.0496. The fourth-order valence-corrected chi connectivity index (χ4v) is 3.22. The topological polar surface area (TPSA) is 45.2 Å². The second kappa shape index (κ2) is 22.8. The Morgan fingerprint density at radius 1 is 0.633 bits per heavy atom. The first-order valence-corrected chi connectivity index (χ1v) is 11.2. The van der Waals surface area contributed by atoms with E-state index in [1.54, 1.807) is 13.8 Å². The molecular formula is C24H55N3O3. The van der Waals surface area contributed by atoms with Crippen molar-refractivity contribution in [2.24, 2.45) is 0 Å². The number of ether oxygens (including phenoxy) is 2. The van der Waals surface area contributed by atoms with Gasteiger partial charge in [0.05, 0.1) is 13.2 Å². The van der Waals surface area contributed by atoms with Gasteiger partial charge in [-0.15, -0.1) is 0 Å². The summed E-state index contributed by atoms with van der Waals surface area (Å²) in [6.45, 7) is 11.4. The van der Waals surface area contributed by atoms with Crippen LogP contribution in [-0.2, 0) is 9.47 Å². The summed E-state index contributed by atoms with van der Waals surface area (Å²) >= 11 is 0. The standard InChI is InChI=1S/2C6H13N.C5H11N.C5H10O3.2CH4/c2*1-7-5-3-2-4-6-7;1-6-4-2-3-5-6;1-4(2)8-5(6)7-3;;/h2*2-6H2,1H3;2-5H2,1H3;4H,1-3H3;2*1H4. The fraction of sp³-hybridized carbons (Fsp3) is 0.958. The first-order chi connectivity index (χ1) is 13.3. The highest BCUT2D eigenvalue weighted by atomic mass is 16.7. The van der Waals surface area contributed by atoms with E-state index in [0.29, 0.717) is 0 Å². The number of hydrogen-bond donors (Lipinski definition) is 0. The van der Waals surface area contributed by atoms with Gasteiger partial charge in [0.25, 0.3) is 0 Å². The van der Waals surface area contributed by atoms with Gasteiger partial charge in [-0.1, -0.05) is 27.7 Å². The third kappa shape index (κ3) is 23.4. The number of carbonyl (C=O) groups excluding carboxylic acids is 1. The second-order valence-corrected chi connectivity index (χ2v) is 8.36. The highest BCUT2D eigenvalue weighted by Crippen LogP contribution is 2.05. The molecule has 0 aromatic carbocycles. The van der Waals surface area contributed by atoms with E-state index in [1.165, 1.54) is 97.7 Å². The first-order valence-electron chi connectivity index (χ1n) is 11.2. The summed E-state index contributed by atoms with van der Waals surface area (Å²) in [5.41, 5.74) is 0. The second-order valence-electron chi connectivity index (χ2n) is 8.36. The van der Waals surface area contributed by atoms with Crippen LogP contribution in [0.4, 0.5) is 4.79 Å². The van der Waals surface area contributed by atoms with Crippen molar-refractivity contribution in [1.82, 2.24) is 14.7 Å². The predicted octanol–water partition coefficient (Wildman–Crippen LogP) is 5.37. The Hall–Kier alpha value is -0.850. The van der Waals surface area contributed by atoms with E-state index in [-0.39, 0.29) is 21.0 Å². The molecular weight excluding hydrogens is 378 g/mol. The molecule has 0 bridgehead atoms. The highest BCUT2D eigenvalue weighted by Gasteiger charge is 2.04. The van der Waals surface area contributed by atoms with Gasteiger partial charge in [-0.3, -0.25) is 0 Å². The Bertz CT molecular complexity index is 334. The SMILES string of the molecule is C.C.CN1CCCC1.CN1CCCCC1.CN1CCCCC1.COC(=O)OC(C)C. The normalized spacial score (nSPS) is 19.3. The number of nitrogens with zero attached hydrogens (tertiary/aromatic N) is 3. The maximum absolute atomic E-state index is 10.2. The maximum Gasteiger partial charge on any atom is 0.508 e. The van der Waals surface area contributed by atoms with Crippen LogP contribution in [0.1, 0.15) is 80.1 Å². The molecule has 0 spiro atoms. The van der Waals surface area contributed by atoms with Gasteiger partial charge in [0, 0.05) is 0 Å². The molecule has 0 amide bonds. The zero-order valence-electron chi connectivity index (χ0n) is 19.5. The summed E-state index contributed by atoms with van der Waals surface area (Å²) in [5, 5.41) is 0. The molecule has 0 aliphatic carbocycles. The van der Waals surface area contributed by atoms with E-state index < -0.39 is 6.16 Å². The molecule has 3 aliphatic rings. The van der Waals surface area contributed by atoms with Crippen LogP contribution in [0.2, 0.25) is 0 Å². The quantitative estimate of drug-likeness (QED) is 0.518. The molecule has 3 saturated heterocycles. The van der Waals surface area contributed by atoms with Crippen LogP contribution in [0.3, 0.4) is 0 Å². The molecule has 0 atom stereocenters. The molecule has 3 rings (SSSR count). The average molecular weight is 434 g/mol. The van der Waals surface area contributed by atoms with Gasteiger partial charge in [0.1, 0.15) is 0 Å². The molecule has 0 unspecified atom stereocenters. The molecule has 3 fully saturated rings. The molecule has 0 radical (unpaired) electrons. The average Bonchev–Trinajstić information content (AvgIpc) is 3.15. The Balaban J connectivity index is -0.000000318. The smallest absolute Gasteiger partial charge is 0.438 e. The van der Waals surface area contributed by atoms with Crippen molar-refractivity contribution >= 4 is 6.16 Å². The van der Waals surface area contributed by atoms with Gasteiger partial charge < -0.3 is 24.2 Å². The monoisotopic (exact) mass is 433 g/mol. The highest BCUT2D eigenvalue weighted by molar-refractivity contribution is 5.59. The van der Waals surface area contributed by atoms with Gasteiger partial charge in [-0.2, -0.15) is 0 Å². The van der Waals surface area contributed by atoms with Crippen LogP contribution in [-0.4, -0.2) is 94.5 Å². The Kier molecular flexibility index (Phi) is 25.7. The van der Waals surface area contributed by atoms with E-state index in [9.17, 15) is 4.79 Å². The van der Waals surface area contributed by atoms with E-state index in [0.717, 1.165) is 0 Å². The van der Waals surface area contributed by atoms with Gasteiger partial charge in [-0.25, -0.2) is 4.79 Å². The third-order valence-corrected chi connectivity index (χ3v) is 4.99. The number of methoxy groups -OCH3 is 1. The molecule has 6 heteroatoms. The lowest BCUT2D eigenvalue weighted by atomic mass is 10.1. The molecule has 3 heterocycles. The van der Waals surface area contributed by atoms with Crippen LogP contribution in [0.5, 0.6) is 0 Å². The minimum atomic E-state index is -0.625. The number of hydrogen-bond acceptors (Lipinski definition) is 6. The van der Waals surface area contributed by atoms with E-state index >= 15 is 0 Å². The summed E-state index contributed by atoms with van der Waals surface area (Å²) in [7, 11) is 7.84. The van der Waals surface area contributed by atoms with E-state index in [2.05, 4.69) is 45.3 Å². The molecule has 3 aliphatic heterocycles. The maximum atomic E-state index is 10.2. The molecule has 0 aromatic heterocycles. The molecule has 30 heavy (non-hydrogen) atoms. The Morgan fingerprint density at radius 3 is 1.00 bits per heavy atom. The minimum Gasteiger partial charge on any atom is -0.438 e. The summed E-state index contributed by atoms with van der Waals surface area (Å²) in [6, 6.07) is 0. The van der Waals surface area contributed by atoms with Crippen molar-refractivity contribution < 1.29 is 14.3 Å². The van der Waals surface area contributed by atoms with Gasteiger partial charge in [-0.05, 0) is 113 Å². The summed E-state index contributed by atoms with van der Waals surface area (Å²) in [5.74, 6) is 0.